The SMILES string of the molecule is CC(=O)N1CCCCN(C([NH-])=O)CC1.[Y]. The van der Waals surface area contributed by atoms with Gasteiger partial charge in [-0.25, -0.2) is 0 Å². The first kappa shape index (κ1) is 14.8. The van der Waals surface area contributed by atoms with Gasteiger partial charge in [0.25, 0.3) is 0 Å². The number of hydrogen-bond acceptors (Lipinski definition) is 2. The summed E-state index contributed by atoms with van der Waals surface area (Å²) in [5.41, 5.74) is 7.00. The van der Waals surface area contributed by atoms with Gasteiger partial charge >= 0.3 is 0 Å². The number of carbonyl (C=O) groups excluding carboxylic acids is 2. The van der Waals surface area contributed by atoms with E-state index in [4.69, 9.17) is 5.73 Å². The van der Waals surface area contributed by atoms with E-state index in [0.717, 1.165) is 19.4 Å². The van der Waals surface area contributed by atoms with Gasteiger partial charge in [-0.3, -0.25) is 9.59 Å². The van der Waals surface area contributed by atoms with E-state index in [9.17, 15) is 9.59 Å². The minimum Gasteiger partial charge on any atom is -0.447 e. The van der Waals surface area contributed by atoms with Gasteiger partial charge in [0.05, 0.1) is 0 Å². The van der Waals surface area contributed by atoms with E-state index in [1.54, 1.807) is 4.90 Å². The molecule has 0 spiro atoms. The van der Waals surface area contributed by atoms with Crippen LogP contribution in [0.25, 0.3) is 5.73 Å². The smallest absolute Gasteiger partial charge is 0.219 e. The first-order valence-corrected chi connectivity index (χ1v) is 4.87. The molecule has 0 aliphatic carbocycles. The Labute approximate surface area is 115 Å². The van der Waals surface area contributed by atoms with Gasteiger partial charge in [0.1, 0.15) is 0 Å². The van der Waals surface area contributed by atoms with Crippen LogP contribution in [0.15, 0.2) is 0 Å². The molecule has 0 atom stereocenters. The molecule has 0 saturated carbocycles. The molecule has 0 unspecified atom stereocenters. The topological polar surface area (TPSA) is 64.4 Å². The summed E-state index contributed by atoms with van der Waals surface area (Å²) in [7, 11) is 0. The predicted molar refractivity (Wildman–Crippen MR) is 52.8 cm³/mol. The molecule has 83 valence electrons. The third-order valence-corrected chi connectivity index (χ3v) is 2.48. The Hall–Kier alpha value is -0.156. The minimum absolute atomic E-state index is 0. The Morgan fingerprint density at radius 3 is 1.93 bits per heavy atom. The summed E-state index contributed by atoms with van der Waals surface area (Å²) in [6, 6.07) is -0.643. The standard InChI is InChI=1S/C9H17N3O2.Y/c1-8(13)11-4-2-3-5-12(7-6-11)9(10)14;/h2-7H2,1H3,(H2,10,14);/p-1. The van der Waals surface area contributed by atoms with E-state index < -0.39 is 6.03 Å². The molecule has 1 rings (SSSR count). The van der Waals surface area contributed by atoms with Gasteiger partial charge in [-0.05, 0) is 19.5 Å². The van der Waals surface area contributed by atoms with Crippen molar-refractivity contribution in [1.82, 2.24) is 9.80 Å². The maximum atomic E-state index is 11.1. The summed E-state index contributed by atoms with van der Waals surface area (Å²) >= 11 is 0. The molecule has 1 aliphatic heterocycles. The largest absolute Gasteiger partial charge is 0.447 e. The van der Waals surface area contributed by atoms with Crippen molar-refractivity contribution >= 4 is 11.9 Å². The van der Waals surface area contributed by atoms with Crippen LogP contribution in [0.2, 0.25) is 0 Å². The molecule has 0 bridgehead atoms. The first-order valence-electron chi connectivity index (χ1n) is 4.87. The Bertz CT molecular complexity index is 211. The molecule has 1 radical (unpaired) electrons. The molecule has 1 saturated heterocycles. The van der Waals surface area contributed by atoms with E-state index in [1.165, 1.54) is 11.8 Å². The Kier molecular flexibility index (Phi) is 7.10. The molecule has 15 heavy (non-hydrogen) atoms. The van der Waals surface area contributed by atoms with Crippen molar-refractivity contribution < 1.29 is 42.3 Å². The second-order valence-corrected chi connectivity index (χ2v) is 3.51. The van der Waals surface area contributed by atoms with Gasteiger partial charge in [0, 0.05) is 52.7 Å². The zero-order chi connectivity index (χ0) is 10.6. The molecule has 0 aromatic carbocycles. The fraction of sp³-hybridized carbons (Fsp3) is 0.778. The van der Waals surface area contributed by atoms with Gasteiger partial charge in [0.15, 0.2) is 6.03 Å². The second kappa shape index (κ2) is 7.17. The summed E-state index contributed by atoms with van der Waals surface area (Å²) in [6.07, 6.45) is 1.78. The maximum Gasteiger partial charge on any atom is 0.219 e. The van der Waals surface area contributed by atoms with Crippen LogP contribution in [0.5, 0.6) is 0 Å². The van der Waals surface area contributed by atoms with Crippen molar-refractivity contribution in [2.45, 2.75) is 19.8 Å². The molecular weight excluding hydrogens is 271 g/mol. The number of amides is 3. The van der Waals surface area contributed by atoms with Crippen LogP contribution in [0, 0.1) is 0 Å². The van der Waals surface area contributed by atoms with E-state index in [-0.39, 0.29) is 38.6 Å². The van der Waals surface area contributed by atoms with Crippen LogP contribution in [0.4, 0.5) is 4.79 Å². The normalized spacial score (nSPS) is 17.4. The predicted octanol–water partition coefficient (Wildman–Crippen LogP) is 1.10. The third kappa shape index (κ3) is 4.93. The number of rotatable bonds is 0. The average molecular weight is 287 g/mol. The minimum atomic E-state index is -0.643. The molecule has 1 aliphatic rings. The van der Waals surface area contributed by atoms with E-state index in [1.807, 2.05) is 0 Å². The molecular formula is C9H16N3O2Y-. The molecule has 3 amide bonds. The van der Waals surface area contributed by atoms with Gasteiger partial charge < -0.3 is 15.5 Å². The van der Waals surface area contributed by atoms with Gasteiger partial charge in [-0.15, -0.1) is 0 Å². The molecule has 0 aromatic rings. The van der Waals surface area contributed by atoms with Crippen molar-refractivity contribution in [1.29, 1.82) is 0 Å². The van der Waals surface area contributed by atoms with Crippen LogP contribution < -0.4 is 0 Å². The van der Waals surface area contributed by atoms with Crippen LogP contribution >= 0.6 is 0 Å². The number of nitrogens with one attached hydrogen (secondary N) is 1. The number of carbonyl (C=O) groups is 2. The van der Waals surface area contributed by atoms with E-state index >= 15 is 0 Å². The zero-order valence-corrected chi connectivity index (χ0v) is 11.9. The molecule has 5 nitrogen and oxygen atoms in total. The summed E-state index contributed by atoms with van der Waals surface area (Å²) < 4.78 is 0. The van der Waals surface area contributed by atoms with Crippen molar-refractivity contribution in [2.75, 3.05) is 26.2 Å². The fourth-order valence-electron chi connectivity index (χ4n) is 1.59. The molecule has 1 fully saturated rings. The molecule has 1 N–H and O–H groups in total. The van der Waals surface area contributed by atoms with Crippen molar-refractivity contribution in [2.24, 2.45) is 0 Å². The summed E-state index contributed by atoms with van der Waals surface area (Å²) in [5.74, 6) is 0.0456. The number of hydrogen-bond donors (Lipinski definition) is 0. The number of urea groups is 1. The monoisotopic (exact) mass is 287 g/mol. The summed E-state index contributed by atoms with van der Waals surface area (Å²) in [6.45, 7) is 4.00. The summed E-state index contributed by atoms with van der Waals surface area (Å²) in [5, 5.41) is 0. The number of nitrogens with zero attached hydrogens (tertiary/aromatic N) is 2. The van der Waals surface area contributed by atoms with Gasteiger partial charge in [0.2, 0.25) is 5.91 Å². The fourth-order valence-corrected chi connectivity index (χ4v) is 1.59. The molecule has 1 heterocycles. The van der Waals surface area contributed by atoms with Gasteiger partial charge in [-0.1, -0.05) is 6.42 Å². The Morgan fingerprint density at radius 1 is 1.00 bits per heavy atom. The van der Waals surface area contributed by atoms with Crippen LogP contribution in [-0.4, -0.2) is 47.9 Å². The zero-order valence-electron chi connectivity index (χ0n) is 9.03. The average Bonchev–Trinajstić information content (AvgIpc) is 2.01. The molecule has 6 heteroatoms. The quantitative estimate of drug-likeness (QED) is 0.669. The van der Waals surface area contributed by atoms with E-state index in [2.05, 4.69) is 0 Å². The second-order valence-electron chi connectivity index (χ2n) is 3.51. The van der Waals surface area contributed by atoms with Crippen molar-refractivity contribution in [3.05, 3.63) is 5.73 Å². The maximum absolute atomic E-state index is 11.1. The van der Waals surface area contributed by atoms with Gasteiger partial charge in [-0.2, -0.15) is 0 Å². The van der Waals surface area contributed by atoms with E-state index in [0.29, 0.717) is 19.6 Å². The van der Waals surface area contributed by atoms with Crippen molar-refractivity contribution in [3.8, 4) is 0 Å². The first-order chi connectivity index (χ1) is 6.61. The Morgan fingerprint density at radius 2 is 1.47 bits per heavy atom. The van der Waals surface area contributed by atoms with Crippen molar-refractivity contribution in [3.63, 3.8) is 0 Å². The Balaban J connectivity index is 0.00000196. The van der Waals surface area contributed by atoms with Crippen LogP contribution in [0.3, 0.4) is 0 Å². The van der Waals surface area contributed by atoms with Crippen LogP contribution in [0.1, 0.15) is 19.8 Å². The summed E-state index contributed by atoms with van der Waals surface area (Å²) in [4.78, 5) is 25.2. The third-order valence-electron chi connectivity index (χ3n) is 2.48. The molecule has 0 aromatic heterocycles. The van der Waals surface area contributed by atoms with Crippen LogP contribution in [-0.2, 0) is 37.5 Å².